The minimum atomic E-state index is -4.53. The molecule has 336 valence electrons. The average Bonchev–Trinajstić information content (AvgIpc) is 3.16. The summed E-state index contributed by atoms with van der Waals surface area (Å²) in [5.41, 5.74) is 0. The van der Waals surface area contributed by atoms with Crippen LogP contribution in [0, 0.1) is 0 Å². The van der Waals surface area contributed by atoms with Gasteiger partial charge >= 0.3 is 5.97 Å². The fourth-order valence-electron chi connectivity index (χ4n) is 6.49. The quantitative estimate of drug-likeness (QED) is 0.0198. The molecule has 0 aliphatic heterocycles. The number of nitrogens with zero attached hydrogens (tertiary/aromatic N) is 1. The Hall–Kier alpha value is -1.28. The van der Waals surface area contributed by atoms with Crippen molar-refractivity contribution in [3.05, 3.63) is 36.5 Å². The zero-order valence-electron chi connectivity index (χ0n) is 38.0. The Bertz CT molecular complexity index is 1010. The van der Waals surface area contributed by atoms with Crippen LogP contribution in [-0.2, 0) is 27.9 Å². The normalized spacial score (nSPS) is 14.0. The van der Waals surface area contributed by atoms with Crippen LogP contribution in [0.5, 0.6) is 0 Å². The number of phosphoric acid groups is 1. The van der Waals surface area contributed by atoms with Crippen molar-refractivity contribution in [2.24, 2.45) is 0 Å². The summed E-state index contributed by atoms with van der Waals surface area (Å²) >= 11 is 0. The molecule has 0 saturated carbocycles. The van der Waals surface area contributed by atoms with Crippen LogP contribution in [0.4, 0.5) is 0 Å². The Labute approximate surface area is 353 Å². The van der Waals surface area contributed by atoms with E-state index in [-0.39, 0.29) is 25.8 Å². The standard InChI is InChI=1S/C48H92NO7P/c1-6-8-10-12-14-16-18-20-22-24-25-26-27-29-31-33-35-37-39-41-48(50)56-47(46-55-57(51,52)54-44-42-49(3,4)5)45-53-43-40-38-36-34-32-30-28-23-21-19-17-15-13-11-9-7-2/h14,16,20,22,25-26,47H,6-13,15,17-19,21,23-24,27-46H2,1-5H3/b16-14-,22-20-,26-25-. The molecule has 0 heterocycles. The molecule has 0 saturated heterocycles. The molecule has 0 N–H and O–H groups in total. The summed E-state index contributed by atoms with van der Waals surface area (Å²) in [6, 6.07) is 0. The number of hydrogen-bond donors (Lipinski definition) is 0. The molecule has 0 aromatic carbocycles. The Morgan fingerprint density at radius 1 is 0.544 bits per heavy atom. The lowest BCUT2D eigenvalue weighted by molar-refractivity contribution is -0.870. The topological polar surface area (TPSA) is 94.1 Å². The molecular formula is C48H92NO7P. The van der Waals surface area contributed by atoms with E-state index in [0.717, 1.165) is 57.8 Å². The third-order valence-corrected chi connectivity index (χ3v) is 11.2. The first-order valence-corrected chi connectivity index (χ1v) is 25.2. The Kier molecular flexibility index (Phi) is 40.5. The van der Waals surface area contributed by atoms with Gasteiger partial charge in [-0.15, -0.1) is 0 Å². The second-order valence-corrected chi connectivity index (χ2v) is 18.5. The van der Waals surface area contributed by atoms with Crippen LogP contribution in [0.25, 0.3) is 0 Å². The van der Waals surface area contributed by atoms with Gasteiger partial charge in [-0.25, -0.2) is 0 Å². The summed E-state index contributed by atoms with van der Waals surface area (Å²) in [6.07, 6.45) is 48.6. The smallest absolute Gasteiger partial charge is 0.306 e. The number of likely N-dealkylation sites (N-methyl/N-ethyl adjacent to an activating group) is 1. The van der Waals surface area contributed by atoms with Gasteiger partial charge in [0, 0.05) is 13.0 Å². The number of carbonyl (C=O) groups excluding carboxylic acids is 1. The second-order valence-electron chi connectivity index (χ2n) is 17.1. The van der Waals surface area contributed by atoms with Crippen molar-refractivity contribution in [3.63, 3.8) is 0 Å². The van der Waals surface area contributed by atoms with Gasteiger partial charge in [-0.1, -0.05) is 185 Å². The fraction of sp³-hybridized carbons (Fsp3) is 0.854. The van der Waals surface area contributed by atoms with Crippen molar-refractivity contribution in [1.29, 1.82) is 0 Å². The SMILES string of the molecule is CCCCC/C=C\C/C=C\C/C=C\CCCCCCCCC(=O)OC(COCCCCCCCCCCCCCCCCCC)COP(=O)([O-])OCC[N+](C)(C)C. The molecule has 0 aromatic heterocycles. The monoisotopic (exact) mass is 826 g/mol. The first kappa shape index (κ1) is 55.7. The molecular weight excluding hydrogens is 734 g/mol. The van der Waals surface area contributed by atoms with Gasteiger partial charge in [0.25, 0.3) is 7.82 Å². The van der Waals surface area contributed by atoms with Gasteiger partial charge in [0.1, 0.15) is 19.3 Å². The Balaban J connectivity index is 4.21. The maximum atomic E-state index is 12.7. The summed E-state index contributed by atoms with van der Waals surface area (Å²) < 4.78 is 34.7. The Morgan fingerprint density at radius 2 is 0.965 bits per heavy atom. The summed E-state index contributed by atoms with van der Waals surface area (Å²) in [6.45, 7) is 5.40. The largest absolute Gasteiger partial charge is 0.756 e. The first-order valence-electron chi connectivity index (χ1n) is 23.7. The fourth-order valence-corrected chi connectivity index (χ4v) is 7.22. The molecule has 0 bridgehead atoms. The highest BCUT2D eigenvalue weighted by atomic mass is 31.2. The van der Waals surface area contributed by atoms with E-state index in [0.29, 0.717) is 24.1 Å². The third kappa shape index (κ3) is 45.7. The highest BCUT2D eigenvalue weighted by Crippen LogP contribution is 2.38. The number of carbonyl (C=O) groups is 1. The molecule has 0 rings (SSSR count). The number of quaternary nitrogens is 1. The number of esters is 1. The minimum Gasteiger partial charge on any atom is -0.756 e. The third-order valence-electron chi connectivity index (χ3n) is 10.2. The Morgan fingerprint density at radius 3 is 1.47 bits per heavy atom. The van der Waals surface area contributed by atoms with E-state index >= 15 is 0 Å². The van der Waals surface area contributed by atoms with E-state index in [2.05, 4.69) is 50.3 Å². The molecule has 0 aliphatic carbocycles. The van der Waals surface area contributed by atoms with Gasteiger partial charge in [-0.05, 0) is 51.4 Å². The van der Waals surface area contributed by atoms with Gasteiger partial charge in [0.2, 0.25) is 0 Å². The zero-order valence-corrected chi connectivity index (χ0v) is 38.9. The summed E-state index contributed by atoms with van der Waals surface area (Å²) in [5, 5.41) is 0. The summed E-state index contributed by atoms with van der Waals surface area (Å²) in [4.78, 5) is 25.1. The molecule has 9 heteroatoms. The van der Waals surface area contributed by atoms with Crippen LogP contribution in [0.1, 0.15) is 206 Å². The lowest BCUT2D eigenvalue weighted by Gasteiger charge is -2.28. The highest BCUT2D eigenvalue weighted by molar-refractivity contribution is 7.45. The van der Waals surface area contributed by atoms with Crippen LogP contribution in [0.2, 0.25) is 0 Å². The van der Waals surface area contributed by atoms with Crippen LogP contribution in [-0.4, -0.2) is 70.7 Å². The van der Waals surface area contributed by atoms with Crippen molar-refractivity contribution in [2.75, 3.05) is 54.1 Å². The average molecular weight is 826 g/mol. The van der Waals surface area contributed by atoms with Crippen molar-refractivity contribution in [2.45, 2.75) is 213 Å². The van der Waals surface area contributed by atoms with E-state index in [4.69, 9.17) is 18.5 Å². The van der Waals surface area contributed by atoms with Crippen molar-refractivity contribution < 1.29 is 37.3 Å². The molecule has 0 aromatic rings. The molecule has 8 nitrogen and oxygen atoms in total. The van der Waals surface area contributed by atoms with Crippen LogP contribution in [0.3, 0.4) is 0 Å². The van der Waals surface area contributed by atoms with Gasteiger partial charge in [0.15, 0.2) is 0 Å². The molecule has 0 amide bonds. The molecule has 57 heavy (non-hydrogen) atoms. The van der Waals surface area contributed by atoms with Crippen LogP contribution in [0.15, 0.2) is 36.5 Å². The summed E-state index contributed by atoms with van der Waals surface area (Å²) in [5.74, 6) is -0.344. The van der Waals surface area contributed by atoms with Crippen molar-refractivity contribution >= 4 is 13.8 Å². The van der Waals surface area contributed by atoms with Crippen LogP contribution >= 0.6 is 7.82 Å². The number of hydrogen-bond acceptors (Lipinski definition) is 7. The number of unbranched alkanes of at least 4 members (excludes halogenated alkanes) is 24. The van der Waals surface area contributed by atoms with Crippen molar-refractivity contribution in [3.8, 4) is 0 Å². The minimum absolute atomic E-state index is 0.0242. The van der Waals surface area contributed by atoms with Crippen LogP contribution < -0.4 is 4.89 Å². The van der Waals surface area contributed by atoms with E-state index in [1.54, 1.807) is 0 Å². The molecule has 0 spiro atoms. The number of allylic oxidation sites excluding steroid dienone is 6. The molecule has 2 atom stereocenters. The molecule has 0 aliphatic rings. The lowest BCUT2D eigenvalue weighted by atomic mass is 10.0. The maximum Gasteiger partial charge on any atom is 0.306 e. The van der Waals surface area contributed by atoms with Gasteiger partial charge in [0.05, 0.1) is 34.4 Å². The zero-order chi connectivity index (χ0) is 42.0. The van der Waals surface area contributed by atoms with E-state index < -0.39 is 13.9 Å². The lowest BCUT2D eigenvalue weighted by Crippen LogP contribution is -2.37. The molecule has 0 radical (unpaired) electrons. The number of phosphoric ester groups is 1. The predicted octanol–water partition coefficient (Wildman–Crippen LogP) is 13.5. The number of rotatable bonds is 44. The first-order chi connectivity index (χ1) is 27.6. The van der Waals surface area contributed by atoms with E-state index in [1.165, 1.54) is 128 Å². The summed E-state index contributed by atoms with van der Waals surface area (Å²) in [7, 11) is 1.35. The van der Waals surface area contributed by atoms with Crippen molar-refractivity contribution in [1.82, 2.24) is 0 Å². The van der Waals surface area contributed by atoms with Gasteiger partial charge in [-0.3, -0.25) is 9.36 Å². The van der Waals surface area contributed by atoms with E-state index in [1.807, 2.05) is 21.1 Å². The van der Waals surface area contributed by atoms with E-state index in [9.17, 15) is 14.3 Å². The maximum absolute atomic E-state index is 12.7. The molecule has 2 unspecified atom stereocenters. The number of ether oxygens (including phenoxy) is 2. The highest BCUT2D eigenvalue weighted by Gasteiger charge is 2.20. The predicted molar refractivity (Wildman–Crippen MR) is 240 cm³/mol. The van der Waals surface area contributed by atoms with Gasteiger partial charge < -0.3 is 27.9 Å². The molecule has 0 fully saturated rings. The van der Waals surface area contributed by atoms with Gasteiger partial charge in [-0.2, -0.15) is 0 Å². The second kappa shape index (κ2) is 41.5.